The molecule has 5 nitrogen and oxygen atoms in total. The Morgan fingerprint density at radius 1 is 1.42 bits per heavy atom. The van der Waals surface area contributed by atoms with Gasteiger partial charge >= 0.3 is 0 Å². The minimum Gasteiger partial charge on any atom is -0.481 e. The van der Waals surface area contributed by atoms with E-state index in [0.29, 0.717) is 18.2 Å². The zero-order valence-corrected chi connectivity index (χ0v) is 11.0. The molecule has 2 aromatic rings. The molecule has 0 saturated heterocycles. The normalized spacial score (nSPS) is 10.2. The number of nitrogens with one attached hydrogen (secondary N) is 1. The van der Waals surface area contributed by atoms with Gasteiger partial charge in [-0.3, -0.25) is 4.79 Å². The Morgan fingerprint density at radius 3 is 2.95 bits per heavy atom. The molecule has 0 fully saturated rings. The first-order valence-electron chi connectivity index (χ1n) is 6.08. The Balaban J connectivity index is 1.96. The minimum absolute atomic E-state index is 0.226. The maximum absolute atomic E-state index is 11.8. The van der Waals surface area contributed by atoms with E-state index in [1.807, 2.05) is 19.1 Å². The zero-order chi connectivity index (χ0) is 13.7. The molecule has 2 rings (SSSR count). The summed E-state index contributed by atoms with van der Waals surface area (Å²) in [7, 11) is 1.56. The van der Waals surface area contributed by atoms with Crippen molar-refractivity contribution in [1.29, 1.82) is 0 Å². The van der Waals surface area contributed by atoms with Gasteiger partial charge in [-0.25, -0.2) is 4.98 Å². The zero-order valence-electron chi connectivity index (χ0n) is 11.0. The maximum atomic E-state index is 11.8. The lowest BCUT2D eigenvalue weighted by Crippen LogP contribution is -2.22. The van der Waals surface area contributed by atoms with E-state index in [1.54, 1.807) is 25.4 Å². The topological polar surface area (TPSA) is 64.4 Å². The second kappa shape index (κ2) is 6.04. The number of amides is 1. The molecule has 100 valence electrons. The summed E-state index contributed by atoms with van der Waals surface area (Å²) in [6.45, 7) is 2.38. The third-order valence-corrected chi connectivity index (χ3v) is 2.70. The first kappa shape index (κ1) is 13.1. The maximum Gasteiger partial charge on any atom is 0.287 e. The van der Waals surface area contributed by atoms with Gasteiger partial charge < -0.3 is 14.5 Å². The van der Waals surface area contributed by atoms with Gasteiger partial charge in [0.2, 0.25) is 5.88 Å². The van der Waals surface area contributed by atoms with Crippen molar-refractivity contribution in [2.75, 3.05) is 7.11 Å². The van der Waals surface area contributed by atoms with Gasteiger partial charge in [0, 0.05) is 25.2 Å². The number of ether oxygens (including phenoxy) is 1. The smallest absolute Gasteiger partial charge is 0.287 e. The van der Waals surface area contributed by atoms with Crippen LogP contribution in [-0.4, -0.2) is 18.0 Å². The molecule has 2 aromatic heterocycles. The van der Waals surface area contributed by atoms with Gasteiger partial charge in [-0.1, -0.05) is 6.92 Å². The summed E-state index contributed by atoms with van der Waals surface area (Å²) in [5.41, 5.74) is 0.919. The van der Waals surface area contributed by atoms with Crippen LogP contribution in [0.4, 0.5) is 0 Å². The van der Waals surface area contributed by atoms with E-state index in [2.05, 4.69) is 10.3 Å². The van der Waals surface area contributed by atoms with Crippen LogP contribution in [0.25, 0.3) is 0 Å². The number of methoxy groups -OCH3 is 1. The van der Waals surface area contributed by atoms with Crippen LogP contribution < -0.4 is 10.1 Å². The number of rotatable bonds is 5. The van der Waals surface area contributed by atoms with Crippen molar-refractivity contribution < 1.29 is 13.9 Å². The van der Waals surface area contributed by atoms with Gasteiger partial charge in [0.25, 0.3) is 5.91 Å². The highest BCUT2D eigenvalue weighted by Gasteiger charge is 2.10. The van der Waals surface area contributed by atoms with Crippen molar-refractivity contribution in [2.24, 2.45) is 0 Å². The summed E-state index contributed by atoms with van der Waals surface area (Å²) in [6.07, 6.45) is 2.41. The summed E-state index contributed by atoms with van der Waals surface area (Å²) < 4.78 is 10.4. The first-order valence-corrected chi connectivity index (χ1v) is 6.08. The van der Waals surface area contributed by atoms with E-state index in [9.17, 15) is 4.79 Å². The average molecular weight is 260 g/mol. The SMILES string of the molecule is CCc1ccc(C(=O)NCc2ccnc(OC)c2)o1. The first-order chi connectivity index (χ1) is 9.22. The summed E-state index contributed by atoms with van der Waals surface area (Å²) in [5, 5.41) is 2.79. The highest BCUT2D eigenvalue weighted by Crippen LogP contribution is 2.10. The lowest BCUT2D eigenvalue weighted by atomic mass is 10.2. The number of carbonyl (C=O) groups excluding carboxylic acids is 1. The van der Waals surface area contributed by atoms with Crippen molar-refractivity contribution in [1.82, 2.24) is 10.3 Å². The molecule has 1 N–H and O–H groups in total. The van der Waals surface area contributed by atoms with Crippen LogP contribution in [0.3, 0.4) is 0 Å². The van der Waals surface area contributed by atoms with Crippen molar-refractivity contribution in [2.45, 2.75) is 19.9 Å². The molecule has 0 bridgehead atoms. The second-order valence-corrected chi connectivity index (χ2v) is 4.01. The van der Waals surface area contributed by atoms with Gasteiger partial charge in [-0.05, 0) is 23.8 Å². The van der Waals surface area contributed by atoms with Gasteiger partial charge in [-0.15, -0.1) is 0 Å². The summed E-state index contributed by atoms with van der Waals surface area (Å²) >= 11 is 0. The molecule has 0 aliphatic carbocycles. The van der Waals surface area contributed by atoms with E-state index in [4.69, 9.17) is 9.15 Å². The molecule has 5 heteroatoms. The van der Waals surface area contributed by atoms with Crippen LogP contribution >= 0.6 is 0 Å². The summed E-state index contributed by atoms with van der Waals surface area (Å²) in [6, 6.07) is 7.09. The van der Waals surface area contributed by atoms with E-state index < -0.39 is 0 Å². The number of nitrogens with zero attached hydrogens (tertiary/aromatic N) is 1. The number of aryl methyl sites for hydroxylation is 1. The molecule has 1 amide bonds. The largest absolute Gasteiger partial charge is 0.481 e. The minimum atomic E-state index is -0.226. The quantitative estimate of drug-likeness (QED) is 0.894. The molecule has 0 aliphatic heterocycles. The molecule has 2 heterocycles. The summed E-state index contributed by atoms with van der Waals surface area (Å²) in [5.74, 6) is 1.43. The molecular weight excluding hydrogens is 244 g/mol. The number of hydrogen-bond donors (Lipinski definition) is 1. The van der Waals surface area contributed by atoms with Crippen molar-refractivity contribution >= 4 is 5.91 Å². The van der Waals surface area contributed by atoms with Gasteiger partial charge in [0.05, 0.1) is 7.11 Å². The van der Waals surface area contributed by atoms with Crippen LogP contribution in [0.2, 0.25) is 0 Å². The third-order valence-electron chi connectivity index (χ3n) is 2.70. The van der Waals surface area contributed by atoms with E-state index in [-0.39, 0.29) is 5.91 Å². The summed E-state index contributed by atoms with van der Waals surface area (Å²) in [4.78, 5) is 15.9. The Bertz CT molecular complexity index is 563. The number of carbonyl (C=O) groups is 1. The van der Waals surface area contributed by atoms with Gasteiger partial charge in [-0.2, -0.15) is 0 Å². The molecule has 0 unspecified atom stereocenters. The fraction of sp³-hybridized carbons (Fsp3) is 0.286. The molecule has 0 atom stereocenters. The third kappa shape index (κ3) is 3.34. The van der Waals surface area contributed by atoms with Crippen LogP contribution in [0.5, 0.6) is 5.88 Å². The van der Waals surface area contributed by atoms with Crippen LogP contribution in [-0.2, 0) is 13.0 Å². The predicted molar refractivity (Wildman–Crippen MR) is 70.0 cm³/mol. The lowest BCUT2D eigenvalue weighted by molar-refractivity contribution is 0.0921. The number of aromatic nitrogens is 1. The molecule has 0 saturated carbocycles. The Kier molecular flexibility index (Phi) is 4.18. The highest BCUT2D eigenvalue weighted by atomic mass is 16.5. The molecule has 0 aromatic carbocycles. The van der Waals surface area contributed by atoms with Crippen LogP contribution in [0.15, 0.2) is 34.9 Å². The van der Waals surface area contributed by atoms with Gasteiger partial charge in [0.1, 0.15) is 5.76 Å². The predicted octanol–water partition coefficient (Wildman–Crippen LogP) is 2.18. The van der Waals surface area contributed by atoms with E-state index >= 15 is 0 Å². The number of hydrogen-bond acceptors (Lipinski definition) is 4. The number of furan rings is 1. The van der Waals surface area contributed by atoms with Gasteiger partial charge in [0.15, 0.2) is 5.76 Å². The second-order valence-electron chi connectivity index (χ2n) is 4.01. The van der Waals surface area contributed by atoms with E-state index in [0.717, 1.165) is 17.7 Å². The molecule has 0 radical (unpaired) electrons. The number of pyridine rings is 1. The van der Waals surface area contributed by atoms with Crippen molar-refractivity contribution in [3.05, 3.63) is 47.5 Å². The van der Waals surface area contributed by atoms with Crippen molar-refractivity contribution in [3.8, 4) is 5.88 Å². The monoisotopic (exact) mass is 260 g/mol. The van der Waals surface area contributed by atoms with Crippen molar-refractivity contribution in [3.63, 3.8) is 0 Å². The Hall–Kier alpha value is -2.30. The molecule has 0 aliphatic rings. The molecule has 19 heavy (non-hydrogen) atoms. The Labute approximate surface area is 111 Å². The van der Waals surface area contributed by atoms with Crippen LogP contribution in [0, 0.1) is 0 Å². The fourth-order valence-electron chi connectivity index (χ4n) is 1.63. The average Bonchev–Trinajstić information content (AvgIpc) is 2.94. The molecule has 0 spiro atoms. The Morgan fingerprint density at radius 2 is 2.26 bits per heavy atom. The molecular formula is C14H16N2O3. The van der Waals surface area contributed by atoms with E-state index in [1.165, 1.54) is 0 Å². The highest BCUT2D eigenvalue weighted by molar-refractivity contribution is 5.91. The lowest BCUT2D eigenvalue weighted by Gasteiger charge is -2.05. The fourth-order valence-corrected chi connectivity index (χ4v) is 1.63. The standard InChI is InChI=1S/C14H16N2O3/c1-3-11-4-5-12(19-11)14(17)16-9-10-6-7-15-13(8-10)18-2/h4-8H,3,9H2,1-2H3,(H,16,17). The van der Waals surface area contributed by atoms with Crippen LogP contribution in [0.1, 0.15) is 28.8 Å².